The van der Waals surface area contributed by atoms with Gasteiger partial charge < -0.3 is 0 Å². The molecule has 0 radical (unpaired) electrons. The van der Waals surface area contributed by atoms with E-state index in [0.29, 0.717) is 16.6 Å². The first kappa shape index (κ1) is 14.3. The van der Waals surface area contributed by atoms with E-state index in [1.54, 1.807) is 16.9 Å². The van der Waals surface area contributed by atoms with Crippen LogP contribution in [0.25, 0.3) is 0 Å². The molecule has 3 N–H and O–H groups in total. The van der Waals surface area contributed by atoms with Gasteiger partial charge in [-0.2, -0.15) is 5.10 Å². The normalized spacial score (nSPS) is 12.7. The number of hydrazine groups is 1. The number of nitrogens with two attached hydrogens (primary N) is 1. The molecule has 2 aromatic rings. The third-order valence-electron chi connectivity index (χ3n) is 2.99. The molecule has 5 nitrogen and oxygen atoms in total. The Morgan fingerprint density at radius 2 is 2.16 bits per heavy atom. The van der Waals surface area contributed by atoms with Gasteiger partial charge >= 0.3 is 0 Å². The largest absolute Gasteiger partial charge is 0.271 e. The Morgan fingerprint density at radius 3 is 2.63 bits per heavy atom. The van der Waals surface area contributed by atoms with Gasteiger partial charge in [0.1, 0.15) is 5.15 Å². The van der Waals surface area contributed by atoms with Crippen molar-refractivity contribution in [2.24, 2.45) is 12.9 Å². The molecule has 0 aliphatic carbocycles. The molecule has 2 heterocycles. The standard InChI is InChI=1S/C12H15Cl2N5/c1-7-9(12(14)19(2)18-7)5-11(17-15)10-4-3-8(13)6-16-10/h3-4,6,11,17H,5,15H2,1-2H3. The van der Waals surface area contributed by atoms with Crippen molar-refractivity contribution in [3.05, 3.63) is 45.5 Å². The highest BCUT2D eigenvalue weighted by Crippen LogP contribution is 2.25. The quantitative estimate of drug-likeness (QED) is 0.671. The van der Waals surface area contributed by atoms with Crippen molar-refractivity contribution in [1.29, 1.82) is 0 Å². The van der Waals surface area contributed by atoms with Crippen LogP contribution in [0.3, 0.4) is 0 Å². The smallest absolute Gasteiger partial charge is 0.130 e. The van der Waals surface area contributed by atoms with Crippen molar-refractivity contribution in [1.82, 2.24) is 20.2 Å². The van der Waals surface area contributed by atoms with Crippen LogP contribution in [0.5, 0.6) is 0 Å². The lowest BCUT2D eigenvalue weighted by atomic mass is 10.0. The molecule has 0 fully saturated rings. The van der Waals surface area contributed by atoms with Gasteiger partial charge in [-0.1, -0.05) is 23.2 Å². The van der Waals surface area contributed by atoms with Crippen LogP contribution in [0, 0.1) is 6.92 Å². The molecule has 1 atom stereocenters. The van der Waals surface area contributed by atoms with Crippen LogP contribution in [-0.4, -0.2) is 14.8 Å². The lowest BCUT2D eigenvalue weighted by molar-refractivity contribution is 0.537. The molecule has 0 aromatic carbocycles. The number of nitrogens with zero attached hydrogens (tertiary/aromatic N) is 3. The minimum atomic E-state index is -0.141. The Kier molecular flexibility index (Phi) is 4.42. The Morgan fingerprint density at radius 1 is 1.42 bits per heavy atom. The molecule has 0 saturated heterocycles. The molecule has 2 rings (SSSR count). The van der Waals surface area contributed by atoms with Crippen LogP contribution < -0.4 is 11.3 Å². The van der Waals surface area contributed by atoms with Crippen molar-refractivity contribution in [2.75, 3.05) is 0 Å². The fourth-order valence-electron chi connectivity index (χ4n) is 1.95. The van der Waals surface area contributed by atoms with E-state index >= 15 is 0 Å². The van der Waals surface area contributed by atoms with Gasteiger partial charge in [-0.25, -0.2) is 0 Å². The predicted octanol–water partition coefficient (Wildman–Crippen LogP) is 2.18. The zero-order valence-corrected chi connectivity index (χ0v) is 12.2. The summed E-state index contributed by atoms with van der Waals surface area (Å²) in [5, 5.41) is 5.49. The SMILES string of the molecule is Cc1nn(C)c(Cl)c1CC(NN)c1ccc(Cl)cn1. The fourth-order valence-corrected chi connectivity index (χ4v) is 2.32. The van der Waals surface area contributed by atoms with Gasteiger partial charge in [-0.3, -0.25) is 20.9 Å². The number of halogens is 2. The van der Waals surface area contributed by atoms with E-state index in [0.717, 1.165) is 17.0 Å². The maximum Gasteiger partial charge on any atom is 0.130 e. The second-order valence-electron chi connectivity index (χ2n) is 4.30. The zero-order valence-electron chi connectivity index (χ0n) is 10.7. The monoisotopic (exact) mass is 299 g/mol. The summed E-state index contributed by atoms with van der Waals surface area (Å²) >= 11 is 12.0. The number of nitrogens with one attached hydrogen (secondary N) is 1. The van der Waals surface area contributed by atoms with E-state index in [2.05, 4.69) is 15.5 Å². The Bertz CT molecular complexity index is 564. The van der Waals surface area contributed by atoms with Crippen LogP contribution in [0.1, 0.15) is 23.0 Å². The molecule has 7 heteroatoms. The van der Waals surface area contributed by atoms with E-state index in [-0.39, 0.29) is 6.04 Å². The highest BCUT2D eigenvalue weighted by atomic mass is 35.5. The second kappa shape index (κ2) is 5.88. The first-order valence-corrected chi connectivity index (χ1v) is 6.54. The van der Waals surface area contributed by atoms with E-state index < -0.39 is 0 Å². The molecule has 0 spiro atoms. The number of rotatable bonds is 4. The van der Waals surface area contributed by atoms with Crippen molar-refractivity contribution in [3.8, 4) is 0 Å². The van der Waals surface area contributed by atoms with E-state index in [9.17, 15) is 0 Å². The van der Waals surface area contributed by atoms with Crippen LogP contribution in [-0.2, 0) is 13.5 Å². The average molecular weight is 300 g/mol. The number of hydrogen-bond acceptors (Lipinski definition) is 4. The number of aromatic nitrogens is 3. The first-order chi connectivity index (χ1) is 9.02. The molecule has 0 aliphatic heterocycles. The Labute approximate surface area is 121 Å². The van der Waals surface area contributed by atoms with Crippen LogP contribution in [0.4, 0.5) is 0 Å². The van der Waals surface area contributed by atoms with Crippen LogP contribution >= 0.6 is 23.2 Å². The predicted molar refractivity (Wildman–Crippen MR) is 76.0 cm³/mol. The molecule has 2 aromatic heterocycles. The van der Waals surface area contributed by atoms with E-state index in [4.69, 9.17) is 29.0 Å². The third-order valence-corrected chi connectivity index (χ3v) is 3.68. The van der Waals surface area contributed by atoms with Gasteiger partial charge in [0.05, 0.1) is 22.5 Å². The number of hydrogen-bond donors (Lipinski definition) is 2. The summed E-state index contributed by atoms with van der Waals surface area (Å²) in [7, 11) is 1.81. The zero-order chi connectivity index (χ0) is 14.0. The van der Waals surface area contributed by atoms with Gasteiger partial charge in [0, 0.05) is 18.8 Å². The molecular weight excluding hydrogens is 285 g/mol. The Balaban J connectivity index is 2.26. The second-order valence-corrected chi connectivity index (χ2v) is 5.10. The van der Waals surface area contributed by atoms with Gasteiger partial charge in [0.15, 0.2) is 0 Å². The van der Waals surface area contributed by atoms with Crippen molar-refractivity contribution >= 4 is 23.2 Å². The summed E-state index contributed by atoms with van der Waals surface area (Å²) in [5.74, 6) is 5.60. The minimum Gasteiger partial charge on any atom is -0.271 e. The van der Waals surface area contributed by atoms with E-state index in [1.807, 2.05) is 20.0 Å². The van der Waals surface area contributed by atoms with Crippen LogP contribution in [0.15, 0.2) is 18.3 Å². The van der Waals surface area contributed by atoms with Crippen LogP contribution in [0.2, 0.25) is 10.2 Å². The summed E-state index contributed by atoms with van der Waals surface area (Å²) in [6.07, 6.45) is 2.21. The summed E-state index contributed by atoms with van der Waals surface area (Å²) in [6, 6.07) is 3.48. The molecule has 0 aliphatic rings. The third kappa shape index (κ3) is 3.06. The molecule has 0 bridgehead atoms. The first-order valence-electron chi connectivity index (χ1n) is 5.78. The van der Waals surface area contributed by atoms with Gasteiger partial charge in [-0.05, 0) is 25.5 Å². The molecule has 102 valence electrons. The average Bonchev–Trinajstić information content (AvgIpc) is 2.63. The molecule has 1 unspecified atom stereocenters. The topological polar surface area (TPSA) is 68.8 Å². The van der Waals surface area contributed by atoms with Gasteiger partial charge in [0.2, 0.25) is 0 Å². The van der Waals surface area contributed by atoms with Gasteiger partial charge in [-0.15, -0.1) is 0 Å². The highest BCUT2D eigenvalue weighted by molar-refractivity contribution is 6.30. The summed E-state index contributed by atoms with van der Waals surface area (Å²) < 4.78 is 1.65. The maximum atomic E-state index is 6.22. The fraction of sp³-hybridized carbons (Fsp3) is 0.333. The lowest BCUT2D eigenvalue weighted by Gasteiger charge is -2.15. The summed E-state index contributed by atoms with van der Waals surface area (Å²) in [6.45, 7) is 1.92. The molecule has 0 saturated carbocycles. The molecule has 0 amide bonds. The minimum absolute atomic E-state index is 0.141. The summed E-state index contributed by atoms with van der Waals surface area (Å²) in [5.41, 5.74) is 5.41. The number of aryl methyl sites for hydroxylation is 2. The molecular formula is C12H15Cl2N5. The van der Waals surface area contributed by atoms with Crippen molar-refractivity contribution < 1.29 is 0 Å². The number of pyridine rings is 1. The maximum absolute atomic E-state index is 6.22. The summed E-state index contributed by atoms with van der Waals surface area (Å²) in [4.78, 5) is 4.27. The van der Waals surface area contributed by atoms with Crippen molar-refractivity contribution in [3.63, 3.8) is 0 Å². The van der Waals surface area contributed by atoms with E-state index in [1.165, 1.54) is 0 Å². The lowest BCUT2D eigenvalue weighted by Crippen LogP contribution is -2.30. The highest BCUT2D eigenvalue weighted by Gasteiger charge is 2.18. The molecule has 19 heavy (non-hydrogen) atoms. The van der Waals surface area contributed by atoms with Crippen molar-refractivity contribution in [2.45, 2.75) is 19.4 Å². The Hall–Kier alpha value is -1.14. The van der Waals surface area contributed by atoms with Gasteiger partial charge in [0.25, 0.3) is 0 Å².